The molecule has 3 fully saturated rings. The fourth-order valence-electron chi connectivity index (χ4n) is 6.32. The summed E-state index contributed by atoms with van der Waals surface area (Å²) in [6, 6.07) is 2.09. The lowest BCUT2D eigenvalue weighted by Crippen LogP contribution is -2.51. The summed E-state index contributed by atoms with van der Waals surface area (Å²) in [4.78, 5) is 38.2. The Morgan fingerprint density at radius 3 is 2.38 bits per heavy atom. The van der Waals surface area contributed by atoms with Crippen molar-refractivity contribution >= 4 is 17.8 Å². The molecule has 0 aromatic heterocycles. The van der Waals surface area contributed by atoms with Crippen molar-refractivity contribution in [3.05, 3.63) is 23.5 Å². The van der Waals surface area contributed by atoms with Crippen LogP contribution >= 0.6 is 0 Å². The van der Waals surface area contributed by atoms with Crippen LogP contribution in [0.1, 0.15) is 76.1 Å². The van der Waals surface area contributed by atoms with Crippen molar-refractivity contribution in [2.75, 3.05) is 20.3 Å². The van der Waals surface area contributed by atoms with Crippen LogP contribution in [0.5, 0.6) is 11.5 Å². The van der Waals surface area contributed by atoms with E-state index in [-0.39, 0.29) is 59.5 Å². The van der Waals surface area contributed by atoms with Crippen LogP contribution in [-0.4, -0.2) is 60.4 Å². The van der Waals surface area contributed by atoms with Crippen molar-refractivity contribution in [2.24, 2.45) is 28.6 Å². The number of aliphatic carboxylic acids is 1. The molecule has 0 saturated heterocycles. The fraction of sp³-hybridized carbons (Fsp3) is 0.690. The molecule has 9 nitrogen and oxygen atoms in total. The summed E-state index contributed by atoms with van der Waals surface area (Å²) in [5.41, 5.74) is -1.15. The molecule has 39 heavy (non-hydrogen) atoms. The maximum atomic E-state index is 14.9. The Labute approximate surface area is 228 Å². The SMILES string of the molecule is COc1cc(F)c(OC2CCC(C)(C(=O)O)CC2)cc1C(=O)N[C@@H]1[C@H]2CC[C@H](C2)[C@@H]1C(=O)NCC(C)(C)CO. The Hall–Kier alpha value is -2.88. The average Bonchev–Trinajstić information content (AvgIpc) is 3.51. The zero-order chi connectivity index (χ0) is 28.5. The summed E-state index contributed by atoms with van der Waals surface area (Å²) >= 11 is 0. The topological polar surface area (TPSA) is 134 Å². The first-order valence-electron chi connectivity index (χ1n) is 13.8. The van der Waals surface area contributed by atoms with Gasteiger partial charge in [-0.3, -0.25) is 14.4 Å². The third-order valence-corrected chi connectivity index (χ3v) is 9.03. The van der Waals surface area contributed by atoms with Crippen LogP contribution in [0.25, 0.3) is 0 Å². The second-order valence-electron chi connectivity index (χ2n) is 12.6. The highest BCUT2D eigenvalue weighted by Crippen LogP contribution is 2.49. The third-order valence-electron chi connectivity index (χ3n) is 9.03. The number of amides is 2. The molecule has 1 aromatic carbocycles. The number of rotatable bonds is 10. The van der Waals surface area contributed by atoms with Crippen molar-refractivity contribution in [1.29, 1.82) is 0 Å². The fourth-order valence-corrected chi connectivity index (χ4v) is 6.32. The molecule has 0 radical (unpaired) electrons. The third kappa shape index (κ3) is 6.15. The number of carbonyl (C=O) groups is 3. The van der Waals surface area contributed by atoms with Crippen molar-refractivity contribution in [3.8, 4) is 11.5 Å². The number of benzene rings is 1. The molecular formula is C29H41FN2O7. The highest BCUT2D eigenvalue weighted by atomic mass is 19.1. The number of halogens is 1. The molecule has 216 valence electrons. The molecule has 10 heteroatoms. The maximum Gasteiger partial charge on any atom is 0.309 e. The van der Waals surface area contributed by atoms with Gasteiger partial charge in [0.05, 0.1) is 30.1 Å². The van der Waals surface area contributed by atoms with Crippen LogP contribution in [0.3, 0.4) is 0 Å². The number of aliphatic hydroxyl groups excluding tert-OH is 1. The molecule has 3 aliphatic carbocycles. The number of carboxylic acid groups (broad SMARTS) is 1. The molecule has 0 unspecified atom stereocenters. The van der Waals surface area contributed by atoms with Crippen molar-refractivity contribution in [3.63, 3.8) is 0 Å². The number of methoxy groups -OCH3 is 1. The number of ether oxygens (including phenoxy) is 2. The van der Waals surface area contributed by atoms with E-state index < -0.39 is 28.5 Å². The van der Waals surface area contributed by atoms with Gasteiger partial charge in [-0.25, -0.2) is 4.39 Å². The molecule has 2 amide bonds. The maximum absolute atomic E-state index is 14.9. The summed E-state index contributed by atoms with van der Waals surface area (Å²) in [5.74, 6) is -2.16. The number of aliphatic hydroxyl groups is 1. The van der Waals surface area contributed by atoms with Gasteiger partial charge >= 0.3 is 5.97 Å². The lowest BCUT2D eigenvalue weighted by atomic mass is 9.75. The second kappa shape index (κ2) is 11.3. The highest BCUT2D eigenvalue weighted by Gasteiger charge is 2.51. The molecule has 4 atom stereocenters. The Balaban J connectivity index is 1.48. The molecule has 1 aromatic rings. The zero-order valence-electron chi connectivity index (χ0n) is 23.2. The van der Waals surface area contributed by atoms with E-state index in [1.54, 1.807) is 6.92 Å². The quantitative estimate of drug-likeness (QED) is 0.351. The van der Waals surface area contributed by atoms with Crippen LogP contribution in [0, 0.1) is 34.4 Å². The van der Waals surface area contributed by atoms with E-state index in [1.807, 2.05) is 13.8 Å². The lowest BCUT2D eigenvalue weighted by Gasteiger charge is -2.34. The molecular weight excluding hydrogens is 507 g/mol. The van der Waals surface area contributed by atoms with E-state index in [0.29, 0.717) is 32.2 Å². The van der Waals surface area contributed by atoms with Gasteiger partial charge < -0.3 is 30.3 Å². The van der Waals surface area contributed by atoms with Gasteiger partial charge in [0.25, 0.3) is 5.91 Å². The minimum atomic E-state index is -0.847. The Bertz CT molecular complexity index is 1100. The van der Waals surface area contributed by atoms with Gasteiger partial charge in [0.1, 0.15) is 5.75 Å². The average molecular weight is 549 g/mol. The zero-order valence-corrected chi connectivity index (χ0v) is 23.2. The van der Waals surface area contributed by atoms with Crippen molar-refractivity contribution in [1.82, 2.24) is 10.6 Å². The number of carboxylic acids is 1. The molecule has 2 bridgehead atoms. The first-order chi connectivity index (χ1) is 18.4. The Morgan fingerprint density at radius 1 is 1.10 bits per heavy atom. The molecule has 4 rings (SSSR count). The van der Waals surface area contributed by atoms with Crippen LogP contribution in [-0.2, 0) is 9.59 Å². The first kappa shape index (κ1) is 29.1. The molecule has 4 N–H and O–H groups in total. The van der Waals surface area contributed by atoms with Crippen LogP contribution in [0.2, 0.25) is 0 Å². The van der Waals surface area contributed by atoms with Crippen LogP contribution < -0.4 is 20.1 Å². The summed E-state index contributed by atoms with van der Waals surface area (Å²) in [5, 5.41) is 25.0. The Kier molecular flexibility index (Phi) is 8.44. The van der Waals surface area contributed by atoms with Crippen LogP contribution in [0.15, 0.2) is 12.1 Å². The van der Waals surface area contributed by atoms with E-state index in [1.165, 1.54) is 13.2 Å². The largest absolute Gasteiger partial charge is 0.496 e. The second-order valence-corrected chi connectivity index (χ2v) is 12.6. The van der Waals surface area contributed by atoms with E-state index in [0.717, 1.165) is 25.3 Å². The molecule has 0 heterocycles. The van der Waals surface area contributed by atoms with E-state index in [4.69, 9.17) is 9.47 Å². The summed E-state index contributed by atoms with van der Waals surface area (Å²) < 4.78 is 26.1. The predicted molar refractivity (Wildman–Crippen MR) is 141 cm³/mol. The number of nitrogens with one attached hydrogen (secondary N) is 2. The number of fused-ring (bicyclic) bond motifs is 2. The van der Waals surface area contributed by atoms with E-state index in [9.17, 15) is 29.0 Å². The molecule has 3 saturated carbocycles. The van der Waals surface area contributed by atoms with E-state index >= 15 is 0 Å². The number of hydrogen-bond acceptors (Lipinski definition) is 6. The van der Waals surface area contributed by atoms with E-state index in [2.05, 4.69) is 10.6 Å². The standard InChI is InChI=1S/C29H41FN2O7/c1-28(2,15-33)14-31-26(35)23-16-5-6-17(11-16)24(23)32-25(34)19-12-22(20(30)13-21(19)38-4)39-18-7-9-29(3,10-8-18)27(36)37/h12-13,16-18,23-24,33H,5-11,14-15H2,1-4H3,(H,31,35)(H,32,34)(H,36,37)/t16-,17+,18?,23+,24-,29?/m1/s1. The van der Waals surface area contributed by atoms with Gasteiger partial charge in [0, 0.05) is 30.7 Å². The predicted octanol–water partition coefficient (Wildman–Crippen LogP) is 3.53. The van der Waals surface area contributed by atoms with Gasteiger partial charge in [-0.2, -0.15) is 0 Å². The van der Waals surface area contributed by atoms with Gasteiger partial charge in [0.2, 0.25) is 5.91 Å². The van der Waals surface area contributed by atoms with Gasteiger partial charge in [-0.15, -0.1) is 0 Å². The van der Waals surface area contributed by atoms with Gasteiger partial charge in [-0.05, 0) is 69.8 Å². The first-order valence-corrected chi connectivity index (χ1v) is 13.8. The minimum absolute atomic E-state index is 0.0569. The summed E-state index contributed by atoms with van der Waals surface area (Å²) in [6.45, 7) is 5.71. The van der Waals surface area contributed by atoms with Crippen molar-refractivity contribution < 1.29 is 38.5 Å². The summed E-state index contributed by atoms with van der Waals surface area (Å²) in [7, 11) is 1.36. The normalized spacial score (nSPS) is 30.1. The van der Waals surface area contributed by atoms with Crippen molar-refractivity contribution in [2.45, 2.75) is 77.9 Å². The number of hydrogen-bond donors (Lipinski definition) is 4. The van der Waals surface area contributed by atoms with Gasteiger partial charge in [0.15, 0.2) is 11.6 Å². The van der Waals surface area contributed by atoms with Crippen LogP contribution in [0.4, 0.5) is 4.39 Å². The van der Waals surface area contributed by atoms with Gasteiger partial charge in [-0.1, -0.05) is 13.8 Å². The molecule has 3 aliphatic rings. The molecule has 0 spiro atoms. The smallest absolute Gasteiger partial charge is 0.309 e. The lowest BCUT2D eigenvalue weighted by molar-refractivity contribution is -0.150. The monoisotopic (exact) mass is 548 g/mol. The Morgan fingerprint density at radius 2 is 1.77 bits per heavy atom. The minimum Gasteiger partial charge on any atom is -0.496 e. The summed E-state index contributed by atoms with van der Waals surface area (Å²) in [6.07, 6.45) is 4.11. The highest BCUT2D eigenvalue weighted by molar-refractivity contribution is 5.98. The number of carbonyl (C=O) groups excluding carboxylic acids is 2. The molecule has 0 aliphatic heterocycles.